The summed E-state index contributed by atoms with van der Waals surface area (Å²) in [5.41, 5.74) is 0.729. The Hall–Kier alpha value is -0.750. The first-order chi connectivity index (χ1) is 10.4. The highest BCUT2D eigenvalue weighted by molar-refractivity contribution is 7.80. The van der Waals surface area contributed by atoms with Crippen LogP contribution >= 0.6 is 47.8 Å². The van der Waals surface area contributed by atoms with Gasteiger partial charge in [0.05, 0.1) is 16.0 Å². The van der Waals surface area contributed by atoms with Gasteiger partial charge in [-0.3, -0.25) is 4.79 Å². The molecule has 0 heterocycles. The average molecular weight is 400 g/mol. The van der Waals surface area contributed by atoms with Gasteiger partial charge in [0.25, 0.3) is 0 Å². The van der Waals surface area contributed by atoms with Crippen molar-refractivity contribution < 1.29 is 9.90 Å². The molecule has 4 nitrogen and oxygen atoms in total. The van der Waals surface area contributed by atoms with E-state index in [2.05, 4.69) is 10.6 Å². The first-order valence-electron chi connectivity index (χ1n) is 7.16. The molecule has 0 aliphatic heterocycles. The summed E-state index contributed by atoms with van der Waals surface area (Å²) in [6, 6.07) is 5.13. The molecule has 0 radical (unpaired) electrons. The van der Waals surface area contributed by atoms with Crippen LogP contribution in [-0.2, 0) is 4.79 Å². The number of hydrogen-bond donors (Lipinski definition) is 3. The summed E-state index contributed by atoms with van der Waals surface area (Å²) in [7, 11) is 0. The van der Waals surface area contributed by atoms with Gasteiger partial charge in [0.2, 0.25) is 0 Å². The number of aliphatic carboxylic acids is 1. The van der Waals surface area contributed by atoms with Crippen molar-refractivity contribution in [2.24, 2.45) is 5.92 Å². The van der Waals surface area contributed by atoms with Crippen molar-refractivity contribution in [3.63, 3.8) is 0 Å². The highest BCUT2D eigenvalue weighted by Crippen LogP contribution is 2.24. The zero-order valence-electron chi connectivity index (χ0n) is 12.8. The molecule has 1 aromatic carbocycles. The molecular weight excluding hydrogens is 379 g/mol. The Kier molecular flexibility index (Phi) is 11.4. The zero-order valence-corrected chi connectivity index (χ0v) is 15.9. The first kappa shape index (κ1) is 22.2. The number of halogens is 3. The van der Waals surface area contributed by atoms with Crippen LogP contribution in [0.5, 0.6) is 0 Å². The van der Waals surface area contributed by atoms with Gasteiger partial charge in [0.1, 0.15) is 0 Å². The largest absolute Gasteiger partial charge is 0.481 e. The molecule has 1 aromatic rings. The van der Waals surface area contributed by atoms with Crippen LogP contribution in [0.4, 0.5) is 5.69 Å². The van der Waals surface area contributed by atoms with Crippen LogP contribution < -0.4 is 10.6 Å². The van der Waals surface area contributed by atoms with Crippen LogP contribution in [0.1, 0.15) is 32.6 Å². The fourth-order valence-electron chi connectivity index (χ4n) is 1.95. The standard InChI is InChI=1S/C15H20Cl2N2O2S.ClH/c1-2-3-4-10(14(20)21)7-8-18-15(22)19-11-5-6-12(16)13(17)9-11;/h5-6,9-10H,2-4,7-8H2,1H3,(H,20,21)(H2,18,19,22);1H. The fraction of sp³-hybridized carbons (Fsp3) is 0.467. The Labute approximate surface area is 158 Å². The van der Waals surface area contributed by atoms with Gasteiger partial charge in [-0.25, -0.2) is 0 Å². The predicted molar refractivity (Wildman–Crippen MR) is 103 cm³/mol. The van der Waals surface area contributed by atoms with Crippen molar-refractivity contribution >= 4 is 64.6 Å². The smallest absolute Gasteiger partial charge is 0.306 e. The number of hydrogen-bond acceptors (Lipinski definition) is 2. The van der Waals surface area contributed by atoms with E-state index in [1.807, 2.05) is 6.92 Å². The van der Waals surface area contributed by atoms with Crippen molar-refractivity contribution in [2.75, 3.05) is 11.9 Å². The summed E-state index contributed by atoms with van der Waals surface area (Å²) < 4.78 is 0. The minimum atomic E-state index is -0.751. The lowest BCUT2D eigenvalue weighted by atomic mass is 9.99. The first-order valence-corrected chi connectivity index (χ1v) is 8.33. The summed E-state index contributed by atoms with van der Waals surface area (Å²) >= 11 is 16.9. The van der Waals surface area contributed by atoms with E-state index >= 15 is 0 Å². The lowest BCUT2D eigenvalue weighted by Crippen LogP contribution is -2.31. The van der Waals surface area contributed by atoms with E-state index in [9.17, 15) is 4.79 Å². The number of benzene rings is 1. The van der Waals surface area contributed by atoms with Crippen molar-refractivity contribution in [3.8, 4) is 0 Å². The van der Waals surface area contributed by atoms with Gasteiger partial charge in [-0.05, 0) is 43.3 Å². The van der Waals surface area contributed by atoms with Crippen LogP contribution in [0.15, 0.2) is 18.2 Å². The SMILES string of the molecule is CCCCC(CCNC(=S)Nc1ccc(Cl)c(Cl)c1)C(=O)O.Cl. The quantitative estimate of drug-likeness (QED) is 0.538. The van der Waals surface area contributed by atoms with Crippen molar-refractivity contribution in [1.29, 1.82) is 0 Å². The zero-order chi connectivity index (χ0) is 16.5. The maximum Gasteiger partial charge on any atom is 0.306 e. The molecule has 8 heteroatoms. The predicted octanol–water partition coefficient (Wildman–Crippen LogP) is 4.98. The highest BCUT2D eigenvalue weighted by Gasteiger charge is 2.16. The molecule has 0 aliphatic rings. The summed E-state index contributed by atoms with van der Waals surface area (Å²) in [5, 5.41) is 16.5. The second-order valence-corrected chi connectivity index (χ2v) is 6.20. The summed E-state index contributed by atoms with van der Waals surface area (Å²) in [6.45, 7) is 2.56. The van der Waals surface area contributed by atoms with Gasteiger partial charge in [-0.15, -0.1) is 12.4 Å². The van der Waals surface area contributed by atoms with Gasteiger partial charge in [-0.2, -0.15) is 0 Å². The van der Waals surface area contributed by atoms with Crippen LogP contribution in [0, 0.1) is 5.92 Å². The summed E-state index contributed by atoms with van der Waals surface area (Å²) in [4.78, 5) is 11.1. The van der Waals surface area contributed by atoms with Gasteiger partial charge in [0, 0.05) is 12.2 Å². The van der Waals surface area contributed by atoms with Crippen molar-refractivity contribution in [2.45, 2.75) is 32.6 Å². The van der Waals surface area contributed by atoms with Crippen LogP contribution in [-0.4, -0.2) is 22.7 Å². The van der Waals surface area contributed by atoms with Gasteiger partial charge >= 0.3 is 5.97 Å². The molecule has 1 atom stereocenters. The fourth-order valence-corrected chi connectivity index (χ4v) is 2.47. The van der Waals surface area contributed by atoms with E-state index in [0.29, 0.717) is 34.5 Å². The summed E-state index contributed by atoms with van der Waals surface area (Å²) in [5.74, 6) is -1.08. The Balaban J connectivity index is 0.00000484. The van der Waals surface area contributed by atoms with E-state index in [-0.39, 0.29) is 18.3 Å². The van der Waals surface area contributed by atoms with Crippen LogP contribution in [0.2, 0.25) is 10.0 Å². The number of carboxylic acids is 1. The number of rotatable bonds is 8. The Morgan fingerprint density at radius 1 is 1.30 bits per heavy atom. The van der Waals surface area contributed by atoms with Gasteiger partial charge < -0.3 is 15.7 Å². The highest BCUT2D eigenvalue weighted by atomic mass is 35.5. The molecule has 0 saturated carbocycles. The van der Waals surface area contributed by atoms with E-state index in [0.717, 1.165) is 18.5 Å². The second-order valence-electron chi connectivity index (χ2n) is 4.98. The number of unbranched alkanes of at least 4 members (excludes halogenated alkanes) is 1. The summed E-state index contributed by atoms with van der Waals surface area (Å²) in [6.07, 6.45) is 3.15. The Morgan fingerprint density at radius 2 is 2.00 bits per heavy atom. The molecule has 0 fully saturated rings. The molecule has 130 valence electrons. The lowest BCUT2D eigenvalue weighted by Gasteiger charge is -2.14. The van der Waals surface area contributed by atoms with Gasteiger partial charge in [0.15, 0.2) is 5.11 Å². The normalized spacial score (nSPS) is 11.3. The second kappa shape index (κ2) is 11.7. The van der Waals surface area contributed by atoms with E-state index < -0.39 is 5.97 Å². The Bertz CT molecular complexity index is 529. The number of thiocarbonyl (C=S) groups is 1. The topological polar surface area (TPSA) is 61.4 Å². The number of anilines is 1. The number of carboxylic acid groups (broad SMARTS) is 1. The molecule has 0 saturated heterocycles. The third kappa shape index (κ3) is 8.61. The molecule has 0 amide bonds. The molecule has 0 bridgehead atoms. The molecule has 23 heavy (non-hydrogen) atoms. The van der Waals surface area contributed by atoms with E-state index in [4.69, 9.17) is 40.5 Å². The number of carbonyl (C=O) groups is 1. The van der Waals surface area contributed by atoms with Crippen LogP contribution in [0.25, 0.3) is 0 Å². The van der Waals surface area contributed by atoms with Crippen LogP contribution in [0.3, 0.4) is 0 Å². The maximum atomic E-state index is 11.1. The van der Waals surface area contributed by atoms with E-state index in [1.165, 1.54) is 0 Å². The van der Waals surface area contributed by atoms with Gasteiger partial charge in [-0.1, -0.05) is 43.0 Å². The molecule has 1 unspecified atom stereocenters. The number of nitrogens with one attached hydrogen (secondary N) is 2. The molecule has 1 rings (SSSR count). The third-order valence-electron chi connectivity index (χ3n) is 3.21. The van der Waals surface area contributed by atoms with Crippen molar-refractivity contribution in [1.82, 2.24) is 5.32 Å². The lowest BCUT2D eigenvalue weighted by molar-refractivity contribution is -0.142. The average Bonchev–Trinajstić information content (AvgIpc) is 2.46. The Morgan fingerprint density at radius 3 is 2.57 bits per heavy atom. The minimum absolute atomic E-state index is 0. The monoisotopic (exact) mass is 398 g/mol. The molecule has 0 aliphatic carbocycles. The molecule has 3 N–H and O–H groups in total. The maximum absolute atomic E-state index is 11.1. The molecule has 0 spiro atoms. The molecule has 0 aromatic heterocycles. The van der Waals surface area contributed by atoms with E-state index in [1.54, 1.807) is 18.2 Å². The van der Waals surface area contributed by atoms with Crippen molar-refractivity contribution in [3.05, 3.63) is 28.2 Å². The third-order valence-corrected chi connectivity index (χ3v) is 4.20. The molecular formula is C15H21Cl3N2O2S. The minimum Gasteiger partial charge on any atom is -0.481 e.